The van der Waals surface area contributed by atoms with Crippen LogP contribution in [0.2, 0.25) is 15.1 Å². The van der Waals surface area contributed by atoms with Crippen LogP contribution in [0.1, 0.15) is 56.6 Å². The van der Waals surface area contributed by atoms with Gasteiger partial charge >= 0.3 is 0 Å². The highest BCUT2D eigenvalue weighted by molar-refractivity contribution is 7.92. The molecular weight excluding hydrogens is 629 g/mol. The van der Waals surface area contributed by atoms with E-state index in [4.69, 9.17) is 34.8 Å². The lowest BCUT2D eigenvalue weighted by molar-refractivity contribution is -0.140. The summed E-state index contributed by atoms with van der Waals surface area (Å²) in [6.07, 6.45) is 5.34. The van der Waals surface area contributed by atoms with Crippen LogP contribution < -0.4 is 9.62 Å². The van der Waals surface area contributed by atoms with Crippen molar-refractivity contribution in [3.05, 3.63) is 92.9 Å². The summed E-state index contributed by atoms with van der Waals surface area (Å²) in [7, 11) is -4.27. The molecule has 11 heteroatoms. The van der Waals surface area contributed by atoms with Crippen molar-refractivity contribution < 1.29 is 18.0 Å². The van der Waals surface area contributed by atoms with Gasteiger partial charge in [-0.2, -0.15) is 0 Å². The number of halogens is 3. The zero-order valence-electron chi connectivity index (χ0n) is 24.2. The molecule has 1 aliphatic carbocycles. The Morgan fingerprint density at radius 1 is 0.930 bits per heavy atom. The molecule has 1 atom stereocenters. The van der Waals surface area contributed by atoms with Crippen LogP contribution in [-0.4, -0.2) is 43.8 Å². The number of nitrogens with zero attached hydrogens (tertiary/aromatic N) is 2. The molecule has 4 rings (SSSR count). The zero-order chi connectivity index (χ0) is 31.1. The number of anilines is 1. The highest BCUT2D eigenvalue weighted by atomic mass is 35.5. The zero-order valence-corrected chi connectivity index (χ0v) is 27.3. The van der Waals surface area contributed by atoms with E-state index in [2.05, 4.69) is 5.32 Å². The third-order valence-electron chi connectivity index (χ3n) is 7.69. The highest BCUT2D eigenvalue weighted by Gasteiger charge is 2.35. The van der Waals surface area contributed by atoms with Crippen molar-refractivity contribution in [2.45, 2.75) is 75.9 Å². The molecule has 43 heavy (non-hydrogen) atoms. The van der Waals surface area contributed by atoms with Crippen LogP contribution >= 0.6 is 34.8 Å². The smallest absolute Gasteiger partial charge is 0.264 e. The summed E-state index contributed by atoms with van der Waals surface area (Å²) in [4.78, 5) is 29.3. The van der Waals surface area contributed by atoms with Crippen molar-refractivity contribution in [3.8, 4) is 0 Å². The molecule has 0 radical (unpaired) electrons. The van der Waals surface area contributed by atoms with Gasteiger partial charge in [-0.15, -0.1) is 0 Å². The number of hydrogen-bond donors (Lipinski definition) is 1. The molecule has 3 aromatic rings. The number of benzene rings is 3. The quantitative estimate of drug-likeness (QED) is 0.231. The molecule has 1 unspecified atom stereocenters. The van der Waals surface area contributed by atoms with Gasteiger partial charge in [-0.25, -0.2) is 8.42 Å². The van der Waals surface area contributed by atoms with E-state index in [0.29, 0.717) is 11.4 Å². The molecule has 7 nitrogen and oxygen atoms in total. The Bertz CT molecular complexity index is 1530. The minimum absolute atomic E-state index is 0.000937. The molecule has 230 valence electrons. The van der Waals surface area contributed by atoms with E-state index in [0.717, 1.165) is 47.5 Å². The van der Waals surface area contributed by atoms with Gasteiger partial charge in [0.1, 0.15) is 12.6 Å². The number of nitrogens with one attached hydrogen (secondary N) is 1. The predicted molar refractivity (Wildman–Crippen MR) is 173 cm³/mol. The minimum atomic E-state index is -4.27. The van der Waals surface area contributed by atoms with Gasteiger partial charge in [0, 0.05) is 17.6 Å². The van der Waals surface area contributed by atoms with Crippen molar-refractivity contribution >= 4 is 62.3 Å². The number of amides is 2. The van der Waals surface area contributed by atoms with Gasteiger partial charge in [-0.3, -0.25) is 13.9 Å². The summed E-state index contributed by atoms with van der Waals surface area (Å²) < 4.78 is 29.1. The summed E-state index contributed by atoms with van der Waals surface area (Å²) >= 11 is 18.9. The molecule has 0 spiro atoms. The molecule has 0 bridgehead atoms. The van der Waals surface area contributed by atoms with E-state index >= 15 is 0 Å². The van der Waals surface area contributed by atoms with E-state index in [9.17, 15) is 18.0 Å². The Kier molecular flexibility index (Phi) is 11.4. The second-order valence-electron chi connectivity index (χ2n) is 10.8. The maximum absolute atomic E-state index is 14.3. The molecule has 1 N–H and O–H groups in total. The average molecular weight is 665 g/mol. The number of carbonyl (C=O) groups excluding carboxylic acids is 2. The first-order valence-electron chi connectivity index (χ1n) is 14.4. The first-order valence-corrected chi connectivity index (χ1v) is 17.0. The fraction of sp³-hybridized carbons (Fsp3) is 0.375. The number of carbonyl (C=O) groups is 2. The van der Waals surface area contributed by atoms with Crippen molar-refractivity contribution in [2.75, 3.05) is 10.8 Å². The standard InChI is InChI=1S/C32H36Cl3N3O4S/c1-3-28(32(40)36-25-8-5-4-6-9-25)37(20-23-14-16-24(33)17-15-23)30(39)21-38(29-11-7-10-27(34)31(29)35)43(41,42)26-18-12-22(2)13-19-26/h7,10-19,25,28H,3-6,8-9,20-21H2,1-2H3,(H,36,40). The topological polar surface area (TPSA) is 86.8 Å². The first-order chi connectivity index (χ1) is 20.5. The van der Waals surface area contributed by atoms with E-state index in [1.54, 1.807) is 48.5 Å². The molecule has 0 heterocycles. The number of hydrogen-bond acceptors (Lipinski definition) is 4. The summed E-state index contributed by atoms with van der Waals surface area (Å²) in [6.45, 7) is 3.16. The van der Waals surface area contributed by atoms with Gasteiger partial charge < -0.3 is 10.2 Å². The molecular formula is C32H36Cl3N3O4S. The summed E-state index contributed by atoms with van der Waals surface area (Å²) in [5, 5.41) is 3.82. The molecule has 0 aromatic heterocycles. The van der Waals surface area contributed by atoms with Gasteiger partial charge in [-0.05, 0) is 68.1 Å². The van der Waals surface area contributed by atoms with Crippen LogP contribution in [0.4, 0.5) is 5.69 Å². The number of rotatable bonds is 11. The van der Waals surface area contributed by atoms with Crippen LogP contribution in [0.5, 0.6) is 0 Å². The molecule has 2 amide bonds. The minimum Gasteiger partial charge on any atom is -0.352 e. The third-order valence-corrected chi connectivity index (χ3v) is 10.5. The lowest BCUT2D eigenvalue weighted by atomic mass is 9.95. The van der Waals surface area contributed by atoms with E-state index in [1.165, 1.54) is 23.1 Å². The molecule has 0 saturated heterocycles. The normalized spacial score (nSPS) is 14.6. The number of sulfonamides is 1. The Labute approximate surface area is 269 Å². The second kappa shape index (κ2) is 14.8. The molecule has 3 aromatic carbocycles. The molecule has 1 aliphatic rings. The predicted octanol–water partition coefficient (Wildman–Crippen LogP) is 7.41. The van der Waals surface area contributed by atoms with Gasteiger partial charge in [0.05, 0.1) is 20.6 Å². The molecule has 1 saturated carbocycles. The van der Waals surface area contributed by atoms with Gasteiger partial charge in [-0.1, -0.05) is 96.9 Å². The Morgan fingerprint density at radius 2 is 1.58 bits per heavy atom. The monoisotopic (exact) mass is 663 g/mol. The Morgan fingerprint density at radius 3 is 2.21 bits per heavy atom. The van der Waals surface area contributed by atoms with Gasteiger partial charge in [0.2, 0.25) is 11.8 Å². The van der Waals surface area contributed by atoms with Crippen molar-refractivity contribution in [3.63, 3.8) is 0 Å². The third kappa shape index (κ3) is 8.24. The summed E-state index contributed by atoms with van der Waals surface area (Å²) in [5.41, 5.74) is 1.69. The van der Waals surface area contributed by atoms with Gasteiger partial charge in [0.15, 0.2) is 0 Å². The fourth-order valence-corrected chi connectivity index (χ4v) is 7.29. The van der Waals surface area contributed by atoms with Crippen LogP contribution in [0, 0.1) is 6.92 Å². The lowest BCUT2D eigenvalue weighted by Gasteiger charge is -2.34. The van der Waals surface area contributed by atoms with Crippen molar-refractivity contribution in [1.29, 1.82) is 0 Å². The van der Waals surface area contributed by atoms with E-state index in [-0.39, 0.29) is 39.1 Å². The fourth-order valence-electron chi connectivity index (χ4n) is 5.29. The van der Waals surface area contributed by atoms with Crippen molar-refractivity contribution in [1.82, 2.24) is 10.2 Å². The Hall–Kier alpha value is -2.78. The van der Waals surface area contributed by atoms with E-state index in [1.807, 2.05) is 13.8 Å². The maximum Gasteiger partial charge on any atom is 0.264 e. The summed E-state index contributed by atoms with van der Waals surface area (Å²) in [6, 6.07) is 17.2. The second-order valence-corrected chi connectivity index (χ2v) is 13.9. The Balaban J connectivity index is 1.73. The summed E-state index contributed by atoms with van der Waals surface area (Å²) in [5.74, 6) is -0.822. The van der Waals surface area contributed by atoms with Crippen LogP contribution in [0.3, 0.4) is 0 Å². The van der Waals surface area contributed by atoms with Crippen LogP contribution in [0.15, 0.2) is 71.6 Å². The van der Waals surface area contributed by atoms with Crippen LogP contribution in [0.25, 0.3) is 0 Å². The molecule has 1 fully saturated rings. The average Bonchev–Trinajstić information content (AvgIpc) is 2.99. The molecule has 0 aliphatic heterocycles. The maximum atomic E-state index is 14.3. The van der Waals surface area contributed by atoms with Gasteiger partial charge in [0.25, 0.3) is 10.0 Å². The largest absolute Gasteiger partial charge is 0.352 e. The first kappa shape index (κ1) is 33.1. The van der Waals surface area contributed by atoms with Crippen LogP contribution in [-0.2, 0) is 26.2 Å². The lowest BCUT2D eigenvalue weighted by Crippen LogP contribution is -2.54. The number of aryl methyl sites for hydroxylation is 1. The highest BCUT2D eigenvalue weighted by Crippen LogP contribution is 2.35. The van der Waals surface area contributed by atoms with Crippen molar-refractivity contribution in [2.24, 2.45) is 0 Å². The van der Waals surface area contributed by atoms with E-state index < -0.39 is 28.5 Å². The SMILES string of the molecule is CCC(C(=O)NC1CCCCC1)N(Cc1ccc(Cl)cc1)C(=O)CN(c1cccc(Cl)c1Cl)S(=O)(=O)c1ccc(C)cc1.